The number of aliphatic carboxylic acids is 1. The Labute approximate surface area is 119 Å². The van der Waals surface area contributed by atoms with Crippen molar-refractivity contribution in [2.24, 2.45) is 5.73 Å². The first-order valence-corrected chi connectivity index (χ1v) is 10.7. The van der Waals surface area contributed by atoms with Crippen molar-refractivity contribution in [1.29, 1.82) is 0 Å². The molecule has 19 heavy (non-hydrogen) atoms. The first-order valence-electron chi connectivity index (χ1n) is 6.47. The van der Waals surface area contributed by atoms with Gasteiger partial charge in [-0.05, 0) is 0 Å². The predicted molar refractivity (Wildman–Crippen MR) is 85.0 cm³/mol. The molecule has 0 bridgehead atoms. The number of benzene rings is 1. The maximum atomic E-state index is 10.6. The molecule has 0 radical (unpaired) electrons. The van der Waals surface area contributed by atoms with Crippen LogP contribution in [0.1, 0.15) is 19.3 Å². The number of carbonyl (C=O) groups is 1. The molecule has 0 unspecified atom stereocenters. The van der Waals surface area contributed by atoms with Crippen LogP contribution in [0.2, 0.25) is 0 Å². The van der Waals surface area contributed by atoms with Gasteiger partial charge in [0.1, 0.15) is 0 Å². The summed E-state index contributed by atoms with van der Waals surface area (Å²) in [6.07, 6.45) is 3.12. The molecule has 0 aliphatic rings. The Kier molecular flexibility index (Phi) is 5.37. The van der Waals surface area contributed by atoms with Gasteiger partial charge in [-0.3, -0.25) is 0 Å². The van der Waals surface area contributed by atoms with E-state index in [4.69, 9.17) is 22.1 Å². The van der Waals surface area contributed by atoms with Crippen LogP contribution in [0.3, 0.4) is 0 Å². The number of unbranched alkanes of at least 4 members (excludes halogenated alkanes) is 1. The standard InChI is InChI=1S/C14H23ClNO2P/c1-19(2,15,12-8-4-3-5-9-12)11-7-6-10-13(16)14(17)18/h3-5,8-9,13H,6-7,10-11,16H2,1-2H3,(H,17,18)/t13-/m0/s1. The van der Waals surface area contributed by atoms with Gasteiger partial charge in [0, 0.05) is 0 Å². The van der Waals surface area contributed by atoms with Gasteiger partial charge in [0.05, 0.1) is 0 Å². The van der Waals surface area contributed by atoms with E-state index in [2.05, 4.69) is 25.5 Å². The van der Waals surface area contributed by atoms with Gasteiger partial charge < -0.3 is 0 Å². The Hall–Kier alpha value is -0.630. The maximum absolute atomic E-state index is 10.6. The monoisotopic (exact) mass is 303 g/mol. The van der Waals surface area contributed by atoms with Crippen LogP contribution in [0.25, 0.3) is 0 Å². The third-order valence-electron chi connectivity index (χ3n) is 3.44. The minimum atomic E-state index is -2.37. The number of carboxylic acid groups (broad SMARTS) is 1. The summed E-state index contributed by atoms with van der Waals surface area (Å²) < 4.78 is 0. The molecular formula is C14H23ClNO2P. The van der Waals surface area contributed by atoms with Crippen LogP contribution in [0.5, 0.6) is 0 Å². The van der Waals surface area contributed by atoms with E-state index in [1.807, 2.05) is 18.2 Å². The first kappa shape index (κ1) is 16.4. The zero-order chi connectivity index (χ0) is 14.5. The van der Waals surface area contributed by atoms with Gasteiger partial charge in [-0.2, -0.15) is 0 Å². The number of rotatable bonds is 7. The molecule has 5 heteroatoms. The number of nitrogens with two attached hydrogens (primary N) is 1. The molecule has 0 aliphatic carbocycles. The fourth-order valence-electron chi connectivity index (χ4n) is 2.07. The average Bonchev–Trinajstić information content (AvgIpc) is 2.35. The molecule has 0 aromatic heterocycles. The van der Waals surface area contributed by atoms with Crippen LogP contribution in [-0.4, -0.2) is 36.6 Å². The molecule has 0 saturated carbocycles. The van der Waals surface area contributed by atoms with E-state index >= 15 is 0 Å². The minimum absolute atomic E-state index is 0.507. The first-order chi connectivity index (χ1) is 8.71. The number of hydrogen-bond acceptors (Lipinski definition) is 2. The van der Waals surface area contributed by atoms with Gasteiger partial charge in [-0.25, -0.2) is 0 Å². The summed E-state index contributed by atoms with van der Waals surface area (Å²) in [6.45, 7) is 4.28. The van der Waals surface area contributed by atoms with Crippen molar-refractivity contribution in [3.05, 3.63) is 30.3 Å². The molecule has 0 heterocycles. The normalized spacial score (nSPS) is 15.5. The molecular weight excluding hydrogens is 281 g/mol. The van der Waals surface area contributed by atoms with Gasteiger partial charge in [0.25, 0.3) is 0 Å². The number of halogens is 1. The molecule has 1 aromatic rings. The third kappa shape index (κ3) is 5.10. The van der Waals surface area contributed by atoms with Gasteiger partial charge in [0.2, 0.25) is 0 Å². The zero-order valence-corrected chi connectivity index (χ0v) is 13.2. The number of carboxylic acids is 1. The average molecular weight is 304 g/mol. The van der Waals surface area contributed by atoms with Crippen LogP contribution in [0.15, 0.2) is 30.3 Å². The molecule has 0 aliphatic heterocycles. The van der Waals surface area contributed by atoms with Crippen molar-refractivity contribution in [1.82, 2.24) is 0 Å². The topological polar surface area (TPSA) is 63.3 Å². The number of hydrogen-bond donors (Lipinski definition) is 2. The van der Waals surface area contributed by atoms with Crippen molar-refractivity contribution in [3.8, 4) is 0 Å². The molecule has 108 valence electrons. The molecule has 1 aromatic carbocycles. The molecule has 1 rings (SSSR count). The Balaban J connectivity index is 2.53. The van der Waals surface area contributed by atoms with E-state index in [1.54, 1.807) is 0 Å². The van der Waals surface area contributed by atoms with Crippen molar-refractivity contribution < 1.29 is 9.90 Å². The van der Waals surface area contributed by atoms with Gasteiger partial charge >= 0.3 is 119 Å². The van der Waals surface area contributed by atoms with Crippen molar-refractivity contribution in [2.45, 2.75) is 25.3 Å². The fraction of sp³-hybridized carbons (Fsp3) is 0.500. The van der Waals surface area contributed by atoms with Crippen molar-refractivity contribution >= 4 is 28.5 Å². The van der Waals surface area contributed by atoms with Crippen molar-refractivity contribution in [3.63, 3.8) is 0 Å². The van der Waals surface area contributed by atoms with Crippen LogP contribution < -0.4 is 11.0 Å². The van der Waals surface area contributed by atoms with Gasteiger partial charge in [-0.15, -0.1) is 0 Å². The Morgan fingerprint density at radius 2 is 1.89 bits per heavy atom. The molecule has 0 saturated heterocycles. The summed E-state index contributed by atoms with van der Waals surface area (Å²) in [4.78, 5) is 10.6. The summed E-state index contributed by atoms with van der Waals surface area (Å²) in [5.74, 6) is -3.30. The van der Waals surface area contributed by atoms with Crippen molar-refractivity contribution in [2.75, 3.05) is 19.5 Å². The Morgan fingerprint density at radius 3 is 2.42 bits per heavy atom. The summed E-state index contributed by atoms with van der Waals surface area (Å²) in [7, 11) is 0. The summed E-state index contributed by atoms with van der Waals surface area (Å²) in [5.41, 5.74) is 5.49. The van der Waals surface area contributed by atoms with E-state index in [0.29, 0.717) is 6.42 Å². The molecule has 1 atom stereocenters. The van der Waals surface area contributed by atoms with Crippen LogP contribution in [0, 0.1) is 0 Å². The Morgan fingerprint density at radius 1 is 1.32 bits per heavy atom. The van der Waals surface area contributed by atoms with E-state index in [9.17, 15) is 4.79 Å². The van der Waals surface area contributed by atoms with Crippen LogP contribution >= 0.6 is 17.2 Å². The van der Waals surface area contributed by atoms with Gasteiger partial charge in [0.15, 0.2) is 0 Å². The predicted octanol–water partition coefficient (Wildman–Crippen LogP) is 2.86. The SMILES string of the molecule is CP(C)(Cl)(CCCC[C@H](N)C(=O)O)c1ccccc1. The molecule has 0 amide bonds. The summed E-state index contributed by atoms with van der Waals surface area (Å²) in [5, 5.41) is 9.93. The molecule has 3 N–H and O–H groups in total. The van der Waals surface area contributed by atoms with E-state index in [1.165, 1.54) is 5.30 Å². The fourth-order valence-corrected chi connectivity index (χ4v) is 5.25. The molecule has 0 spiro atoms. The van der Waals surface area contributed by atoms with E-state index in [0.717, 1.165) is 19.0 Å². The van der Waals surface area contributed by atoms with Gasteiger partial charge in [-0.1, -0.05) is 0 Å². The van der Waals surface area contributed by atoms with E-state index < -0.39 is 18.0 Å². The molecule has 0 fully saturated rings. The second kappa shape index (κ2) is 6.21. The van der Waals surface area contributed by atoms with Crippen LogP contribution in [-0.2, 0) is 4.79 Å². The zero-order valence-electron chi connectivity index (χ0n) is 11.6. The second-order valence-electron chi connectivity index (χ2n) is 5.73. The third-order valence-corrected chi connectivity index (χ3v) is 8.02. The second-order valence-corrected chi connectivity index (χ2v) is 14.4. The quantitative estimate of drug-likeness (QED) is 0.601. The summed E-state index contributed by atoms with van der Waals surface area (Å²) in [6, 6.07) is 9.39. The Bertz CT molecular complexity index is 428. The molecule has 3 nitrogen and oxygen atoms in total. The summed E-state index contributed by atoms with van der Waals surface area (Å²) >= 11 is 6.88. The van der Waals surface area contributed by atoms with Crippen LogP contribution in [0.4, 0.5) is 0 Å². The van der Waals surface area contributed by atoms with E-state index in [-0.39, 0.29) is 0 Å².